The number of rotatable bonds is 3. The van der Waals surface area contributed by atoms with Crippen LogP contribution in [0.5, 0.6) is 0 Å². The molecular formula is C21H28N4O3. The number of carbonyl (C=O) groups is 2. The molecule has 1 saturated carbocycles. The van der Waals surface area contributed by atoms with Crippen molar-refractivity contribution in [3.8, 4) is 0 Å². The van der Waals surface area contributed by atoms with Crippen molar-refractivity contribution in [1.82, 2.24) is 15.1 Å². The van der Waals surface area contributed by atoms with Gasteiger partial charge in [0.1, 0.15) is 0 Å². The van der Waals surface area contributed by atoms with Crippen LogP contribution in [0.25, 0.3) is 0 Å². The summed E-state index contributed by atoms with van der Waals surface area (Å²) >= 11 is 0. The lowest BCUT2D eigenvalue weighted by atomic mass is 10.0. The zero-order chi connectivity index (χ0) is 19.3. The number of hydrogen-bond acceptors (Lipinski definition) is 4. The second-order valence-electron chi connectivity index (χ2n) is 8.47. The second kappa shape index (κ2) is 7.04. The quantitative estimate of drug-likeness (QED) is 0.857. The summed E-state index contributed by atoms with van der Waals surface area (Å²) in [6, 6.07) is 6.44. The van der Waals surface area contributed by atoms with E-state index in [2.05, 4.69) is 10.2 Å². The minimum absolute atomic E-state index is 0.0500. The fourth-order valence-corrected chi connectivity index (χ4v) is 4.86. The van der Waals surface area contributed by atoms with Gasteiger partial charge in [-0.25, -0.2) is 4.79 Å². The molecule has 1 aromatic rings. The molecule has 0 unspecified atom stereocenters. The van der Waals surface area contributed by atoms with Gasteiger partial charge in [-0.05, 0) is 43.4 Å². The van der Waals surface area contributed by atoms with Crippen molar-refractivity contribution >= 4 is 17.6 Å². The lowest BCUT2D eigenvalue weighted by Crippen LogP contribution is -2.63. The summed E-state index contributed by atoms with van der Waals surface area (Å²) in [4.78, 5) is 31.5. The molecule has 3 aliphatic heterocycles. The van der Waals surface area contributed by atoms with E-state index in [1.165, 1.54) is 12.8 Å². The maximum absolute atomic E-state index is 13.2. The normalized spacial score (nSPS) is 28.2. The van der Waals surface area contributed by atoms with Crippen LogP contribution in [0.3, 0.4) is 0 Å². The SMILES string of the molecule is Cc1ccc(C(=O)N2CCN3[C@@H](COC[C@@H]3C3CC3)C2)cc1N1CCNC1=O. The number of urea groups is 1. The number of nitrogens with one attached hydrogen (secondary N) is 1. The van der Waals surface area contributed by atoms with Gasteiger partial charge in [-0.1, -0.05) is 6.07 Å². The molecule has 7 nitrogen and oxygen atoms in total. The highest BCUT2D eigenvalue weighted by molar-refractivity contribution is 5.99. The lowest BCUT2D eigenvalue weighted by molar-refractivity contribution is -0.0816. The molecule has 1 N–H and O–H groups in total. The Bertz CT molecular complexity index is 794. The molecule has 4 aliphatic rings. The Morgan fingerprint density at radius 1 is 1.18 bits per heavy atom. The minimum Gasteiger partial charge on any atom is -0.378 e. The van der Waals surface area contributed by atoms with Gasteiger partial charge in [0, 0.05) is 50.0 Å². The van der Waals surface area contributed by atoms with Crippen molar-refractivity contribution in [3.63, 3.8) is 0 Å². The zero-order valence-electron chi connectivity index (χ0n) is 16.4. The topological polar surface area (TPSA) is 65.1 Å². The molecule has 150 valence electrons. The first kappa shape index (κ1) is 17.9. The van der Waals surface area contributed by atoms with E-state index in [1.54, 1.807) is 4.90 Å². The van der Waals surface area contributed by atoms with Gasteiger partial charge in [-0.3, -0.25) is 14.6 Å². The van der Waals surface area contributed by atoms with Crippen LogP contribution in [-0.2, 0) is 4.74 Å². The molecule has 1 aliphatic carbocycles. The van der Waals surface area contributed by atoms with E-state index in [0.29, 0.717) is 37.3 Å². The van der Waals surface area contributed by atoms with Gasteiger partial charge >= 0.3 is 6.03 Å². The van der Waals surface area contributed by atoms with E-state index < -0.39 is 0 Å². The van der Waals surface area contributed by atoms with E-state index in [-0.39, 0.29) is 11.9 Å². The predicted octanol–water partition coefficient (Wildman–Crippen LogP) is 1.46. The van der Waals surface area contributed by atoms with E-state index in [0.717, 1.165) is 43.4 Å². The van der Waals surface area contributed by atoms with Gasteiger partial charge in [0.2, 0.25) is 0 Å². The van der Waals surface area contributed by atoms with Crippen LogP contribution in [0, 0.1) is 12.8 Å². The third-order valence-corrected chi connectivity index (χ3v) is 6.61. The largest absolute Gasteiger partial charge is 0.378 e. The average Bonchev–Trinajstić information content (AvgIpc) is 3.48. The van der Waals surface area contributed by atoms with Crippen LogP contribution in [0.1, 0.15) is 28.8 Å². The summed E-state index contributed by atoms with van der Waals surface area (Å²) in [7, 11) is 0. The van der Waals surface area contributed by atoms with Crippen LogP contribution in [0.2, 0.25) is 0 Å². The molecule has 2 atom stereocenters. The Labute approximate surface area is 165 Å². The number of benzene rings is 1. The Hall–Kier alpha value is -2.12. The molecule has 4 fully saturated rings. The van der Waals surface area contributed by atoms with Gasteiger partial charge < -0.3 is 15.0 Å². The molecule has 1 aromatic carbocycles. The molecule has 3 amide bonds. The number of piperazine rings is 1. The molecule has 0 bridgehead atoms. The first-order chi connectivity index (χ1) is 13.6. The first-order valence-corrected chi connectivity index (χ1v) is 10.4. The number of fused-ring (bicyclic) bond motifs is 1. The maximum atomic E-state index is 13.2. The fourth-order valence-electron chi connectivity index (χ4n) is 4.86. The predicted molar refractivity (Wildman–Crippen MR) is 106 cm³/mol. The monoisotopic (exact) mass is 384 g/mol. The lowest BCUT2D eigenvalue weighted by Gasteiger charge is -2.48. The summed E-state index contributed by atoms with van der Waals surface area (Å²) in [6.45, 7) is 7.20. The Morgan fingerprint density at radius 2 is 2.04 bits per heavy atom. The number of nitrogens with zero attached hydrogens (tertiary/aromatic N) is 3. The van der Waals surface area contributed by atoms with Crippen LogP contribution >= 0.6 is 0 Å². The summed E-state index contributed by atoms with van der Waals surface area (Å²) in [5, 5.41) is 2.83. The van der Waals surface area contributed by atoms with Gasteiger partial charge in [0.15, 0.2) is 0 Å². The minimum atomic E-state index is -0.0909. The van der Waals surface area contributed by atoms with Crippen LogP contribution in [0.4, 0.5) is 10.5 Å². The second-order valence-corrected chi connectivity index (χ2v) is 8.47. The number of ether oxygens (including phenoxy) is 1. The Kier molecular flexibility index (Phi) is 4.51. The number of aryl methyl sites for hydroxylation is 1. The molecule has 3 saturated heterocycles. The highest BCUT2D eigenvalue weighted by atomic mass is 16.5. The van der Waals surface area contributed by atoms with Crippen LogP contribution in [-0.4, -0.2) is 79.8 Å². The van der Waals surface area contributed by atoms with Crippen LogP contribution in [0.15, 0.2) is 18.2 Å². The van der Waals surface area contributed by atoms with Crippen molar-refractivity contribution in [2.75, 3.05) is 50.8 Å². The molecule has 0 spiro atoms. The summed E-state index contributed by atoms with van der Waals surface area (Å²) < 4.78 is 5.87. The number of amides is 3. The third kappa shape index (κ3) is 3.16. The van der Waals surface area contributed by atoms with Crippen molar-refractivity contribution in [3.05, 3.63) is 29.3 Å². The Balaban J connectivity index is 1.32. The summed E-state index contributed by atoms with van der Waals surface area (Å²) in [5.41, 5.74) is 2.49. The first-order valence-electron chi connectivity index (χ1n) is 10.4. The van der Waals surface area contributed by atoms with Crippen molar-refractivity contribution < 1.29 is 14.3 Å². The van der Waals surface area contributed by atoms with Crippen molar-refractivity contribution in [2.45, 2.75) is 31.8 Å². The van der Waals surface area contributed by atoms with Gasteiger partial charge in [-0.2, -0.15) is 0 Å². The van der Waals surface area contributed by atoms with Crippen molar-refractivity contribution in [2.24, 2.45) is 5.92 Å². The van der Waals surface area contributed by atoms with Crippen molar-refractivity contribution in [1.29, 1.82) is 0 Å². The smallest absolute Gasteiger partial charge is 0.322 e. The highest BCUT2D eigenvalue weighted by Gasteiger charge is 2.43. The Morgan fingerprint density at radius 3 is 2.79 bits per heavy atom. The molecule has 28 heavy (non-hydrogen) atoms. The number of anilines is 1. The molecule has 0 aromatic heterocycles. The van der Waals surface area contributed by atoms with Gasteiger partial charge in [0.25, 0.3) is 5.91 Å². The molecule has 5 rings (SSSR count). The number of morpholine rings is 1. The van der Waals surface area contributed by atoms with E-state index in [9.17, 15) is 9.59 Å². The average molecular weight is 384 g/mol. The van der Waals surface area contributed by atoms with Gasteiger partial charge in [0.05, 0.1) is 19.3 Å². The summed E-state index contributed by atoms with van der Waals surface area (Å²) in [5.74, 6) is 0.838. The fraction of sp³-hybridized carbons (Fsp3) is 0.619. The molecule has 3 heterocycles. The standard InChI is InChI=1S/C21H28N4O3/c1-14-2-3-16(10-18(14)25-7-6-22-21(25)27)20(26)23-8-9-24-17(11-23)12-28-13-19(24)15-4-5-15/h2-3,10,15,17,19H,4-9,11-13H2,1H3,(H,22,27)/t17-,19-/m1/s1. The number of hydrogen-bond donors (Lipinski definition) is 1. The maximum Gasteiger partial charge on any atom is 0.322 e. The highest BCUT2D eigenvalue weighted by Crippen LogP contribution is 2.38. The van der Waals surface area contributed by atoms with Gasteiger partial charge in [-0.15, -0.1) is 0 Å². The third-order valence-electron chi connectivity index (χ3n) is 6.61. The summed E-state index contributed by atoms with van der Waals surface area (Å²) in [6.07, 6.45) is 2.63. The number of carbonyl (C=O) groups excluding carboxylic acids is 2. The zero-order valence-corrected chi connectivity index (χ0v) is 16.4. The molecular weight excluding hydrogens is 356 g/mol. The molecule has 0 radical (unpaired) electrons. The van der Waals surface area contributed by atoms with E-state index in [4.69, 9.17) is 4.74 Å². The molecule has 7 heteroatoms. The van der Waals surface area contributed by atoms with E-state index >= 15 is 0 Å². The van der Waals surface area contributed by atoms with E-state index in [1.807, 2.05) is 30.0 Å². The van der Waals surface area contributed by atoms with Crippen LogP contribution < -0.4 is 10.2 Å².